The largest absolute Gasteiger partial charge is 0.497 e. The molecule has 0 unspecified atom stereocenters. The molecule has 0 fully saturated rings. The zero-order valence-corrected chi connectivity index (χ0v) is 17.3. The van der Waals surface area contributed by atoms with Crippen molar-refractivity contribution in [3.63, 3.8) is 0 Å². The van der Waals surface area contributed by atoms with E-state index in [4.69, 9.17) is 9.15 Å². The first-order valence-electron chi connectivity index (χ1n) is 8.15. The molecule has 1 aromatic carbocycles. The summed E-state index contributed by atoms with van der Waals surface area (Å²) in [4.78, 5) is 16.2. The highest BCUT2D eigenvalue weighted by Crippen LogP contribution is 2.10. The summed E-state index contributed by atoms with van der Waals surface area (Å²) >= 11 is 0. The third-order valence-corrected chi connectivity index (χ3v) is 3.38. The molecule has 0 aliphatic heterocycles. The number of ether oxygens (including phenoxy) is 1. The normalized spacial score (nSPS) is 10.6. The van der Waals surface area contributed by atoms with Gasteiger partial charge in [-0.25, -0.2) is 4.99 Å². The summed E-state index contributed by atoms with van der Waals surface area (Å²) in [5.74, 6) is 2.01. The second-order valence-corrected chi connectivity index (χ2v) is 5.25. The molecule has 0 aliphatic rings. The number of methoxy groups -OCH3 is 1. The van der Waals surface area contributed by atoms with E-state index in [0.717, 1.165) is 17.1 Å². The maximum Gasteiger partial charge on any atom is 0.242 e. The highest BCUT2D eigenvalue weighted by molar-refractivity contribution is 14.0. The van der Waals surface area contributed by atoms with Gasteiger partial charge in [0, 0.05) is 13.1 Å². The number of amides is 1. The van der Waals surface area contributed by atoms with Gasteiger partial charge < -0.3 is 25.1 Å². The van der Waals surface area contributed by atoms with Gasteiger partial charge in [-0.1, -0.05) is 12.1 Å². The van der Waals surface area contributed by atoms with Crippen LogP contribution in [0.5, 0.6) is 5.75 Å². The van der Waals surface area contributed by atoms with E-state index in [1.165, 1.54) is 0 Å². The van der Waals surface area contributed by atoms with Gasteiger partial charge in [-0.3, -0.25) is 4.79 Å². The van der Waals surface area contributed by atoms with Gasteiger partial charge in [-0.2, -0.15) is 0 Å². The standard InChI is InChI=1S/C18H24N4O3.HI/c1-3-19-18(21-12-16-5-4-10-25-16)22-13-17(23)20-11-14-6-8-15(24-2)9-7-14;/h4-10H,3,11-13H2,1-2H3,(H,20,23)(H2,19,21,22);1H. The first kappa shape index (κ1) is 21.8. The van der Waals surface area contributed by atoms with E-state index in [-0.39, 0.29) is 36.4 Å². The van der Waals surface area contributed by atoms with Gasteiger partial charge in [0.25, 0.3) is 0 Å². The second-order valence-electron chi connectivity index (χ2n) is 5.25. The Hall–Kier alpha value is -2.23. The highest BCUT2D eigenvalue weighted by Gasteiger charge is 2.04. The van der Waals surface area contributed by atoms with E-state index in [1.807, 2.05) is 43.3 Å². The van der Waals surface area contributed by atoms with E-state index in [2.05, 4.69) is 20.9 Å². The maximum atomic E-state index is 12.0. The SMILES string of the molecule is CCNC(=NCC(=O)NCc1ccc(OC)cc1)NCc1ccco1.I. The Kier molecular flexibility index (Phi) is 10.2. The number of carbonyl (C=O) groups is 1. The van der Waals surface area contributed by atoms with Gasteiger partial charge >= 0.3 is 0 Å². The third kappa shape index (κ3) is 7.77. The predicted molar refractivity (Wildman–Crippen MR) is 112 cm³/mol. The minimum atomic E-state index is -0.147. The molecule has 142 valence electrons. The van der Waals surface area contributed by atoms with E-state index in [0.29, 0.717) is 25.6 Å². The zero-order valence-electron chi connectivity index (χ0n) is 15.0. The number of nitrogens with zero attached hydrogens (tertiary/aromatic N) is 1. The Balaban J connectivity index is 0.00000338. The molecule has 0 saturated carbocycles. The summed E-state index contributed by atoms with van der Waals surface area (Å²) in [7, 11) is 1.62. The molecule has 1 heterocycles. The maximum absolute atomic E-state index is 12.0. The van der Waals surface area contributed by atoms with Gasteiger partial charge in [-0.05, 0) is 36.8 Å². The lowest BCUT2D eigenvalue weighted by atomic mass is 10.2. The summed E-state index contributed by atoms with van der Waals surface area (Å²) in [6.45, 7) is 3.68. The monoisotopic (exact) mass is 472 g/mol. The summed E-state index contributed by atoms with van der Waals surface area (Å²) in [5.41, 5.74) is 1.00. The van der Waals surface area contributed by atoms with Gasteiger partial charge in [0.15, 0.2) is 5.96 Å². The van der Waals surface area contributed by atoms with E-state index in [9.17, 15) is 4.79 Å². The summed E-state index contributed by atoms with van der Waals surface area (Å²) in [6, 6.07) is 11.3. The Morgan fingerprint density at radius 1 is 1.12 bits per heavy atom. The van der Waals surface area contributed by atoms with Crippen LogP contribution in [0.25, 0.3) is 0 Å². The van der Waals surface area contributed by atoms with Gasteiger partial charge in [-0.15, -0.1) is 24.0 Å². The van der Waals surface area contributed by atoms with Crippen LogP contribution in [-0.2, 0) is 17.9 Å². The molecule has 0 atom stereocenters. The van der Waals surface area contributed by atoms with Crippen LogP contribution in [-0.4, -0.2) is 32.1 Å². The molecule has 26 heavy (non-hydrogen) atoms. The molecule has 0 aliphatic carbocycles. The number of nitrogens with one attached hydrogen (secondary N) is 3. The van der Waals surface area contributed by atoms with E-state index < -0.39 is 0 Å². The first-order chi connectivity index (χ1) is 12.2. The molecule has 7 nitrogen and oxygen atoms in total. The highest BCUT2D eigenvalue weighted by atomic mass is 127. The summed E-state index contributed by atoms with van der Waals surface area (Å²) in [6.07, 6.45) is 1.62. The van der Waals surface area contributed by atoms with Crippen molar-refractivity contribution in [1.29, 1.82) is 0 Å². The lowest BCUT2D eigenvalue weighted by Crippen LogP contribution is -2.38. The van der Waals surface area contributed by atoms with Crippen molar-refractivity contribution >= 4 is 35.8 Å². The molecule has 3 N–H and O–H groups in total. The lowest BCUT2D eigenvalue weighted by Gasteiger charge is -2.10. The van der Waals surface area contributed by atoms with Crippen LogP contribution in [0.2, 0.25) is 0 Å². The molecular weight excluding hydrogens is 447 g/mol. The molecular formula is C18H25IN4O3. The fraction of sp³-hybridized carbons (Fsp3) is 0.333. The molecule has 2 aromatic rings. The third-order valence-electron chi connectivity index (χ3n) is 3.38. The fourth-order valence-corrected chi connectivity index (χ4v) is 2.08. The molecule has 0 spiro atoms. The number of hydrogen-bond donors (Lipinski definition) is 3. The number of carbonyl (C=O) groups excluding carboxylic acids is 1. The zero-order chi connectivity index (χ0) is 17.9. The minimum absolute atomic E-state index is 0. The minimum Gasteiger partial charge on any atom is -0.497 e. The smallest absolute Gasteiger partial charge is 0.242 e. The van der Waals surface area contributed by atoms with Crippen molar-refractivity contribution in [3.05, 3.63) is 54.0 Å². The van der Waals surface area contributed by atoms with Crippen LogP contribution >= 0.6 is 24.0 Å². The molecule has 0 radical (unpaired) electrons. The van der Waals surface area contributed by atoms with Crippen LogP contribution in [0, 0.1) is 0 Å². The van der Waals surface area contributed by atoms with Gasteiger partial charge in [0.2, 0.25) is 5.91 Å². The fourth-order valence-electron chi connectivity index (χ4n) is 2.08. The van der Waals surface area contributed by atoms with Crippen LogP contribution in [0.1, 0.15) is 18.2 Å². The molecule has 1 aromatic heterocycles. The number of benzene rings is 1. The Labute approximate surface area is 170 Å². The van der Waals surface area contributed by atoms with E-state index >= 15 is 0 Å². The Bertz CT molecular complexity index is 672. The molecule has 0 saturated heterocycles. The number of furan rings is 1. The number of halogens is 1. The Morgan fingerprint density at radius 3 is 2.50 bits per heavy atom. The molecule has 8 heteroatoms. The van der Waals surface area contributed by atoms with Crippen LogP contribution in [0.4, 0.5) is 0 Å². The van der Waals surface area contributed by atoms with Crippen LogP contribution < -0.4 is 20.7 Å². The van der Waals surface area contributed by atoms with Crippen molar-refractivity contribution in [2.24, 2.45) is 4.99 Å². The van der Waals surface area contributed by atoms with Crippen molar-refractivity contribution in [3.8, 4) is 5.75 Å². The van der Waals surface area contributed by atoms with Crippen molar-refractivity contribution in [2.75, 3.05) is 20.2 Å². The number of hydrogen-bond acceptors (Lipinski definition) is 4. The van der Waals surface area contributed by atoms with Crippen LogP contribution in [0.3, 0.4) is 0 Å². The number of guanidine groups is 1. The number of aliphatic imine (C=N–C) groups is 1. The number of rotatable bonds is 8. The average Bonchev–Trinajstić information content (AvgIpc) is 3.16. The average molecular weight is 472 g/mol. The second kappa shape index (κ2) is 12.2. The lowest BCUT2D eigenvalue weighted by molar-refractivity contribution is -0.119. The quantitative estimate of drug-likeness (QED) is 0.312. The summed E-state index contributed by atoms with van der Waals surface area (Å²) in [5, 5.41) is 9.05. The molecule has 0 bridgehead atoms. The van der Waals surface area contributed by atoms with Gasteiger partial charge in [0.05, 0.1) is 19.9 Å². The van der Waals surface area contributed by atoms with Crippen molar-refractivity contribution in [1.82, 2.24) is 16.0 Å². The Morgan fingerprint density at radius 2 is 1.88 bits per heavy atom. The summed E-state index contributed by atoms with van der Waals surface area (Å²) < 4.78 is 10.4. The van der Waals surface area contributed by atoms with Gasteiger partial charge in [0.1, 0.15) is 18.1 Å². The predicted octanol–water partition coefficient (Wildman–Crippen LogP) is 2.28. The van der Waals surface area contributed by atoms with Crippen molar-refractivity contribution < 1.29 is 13.9 Å². The topological polar surface area (TPSA) is 87.9 Å². The molecule has 2 rings (SSSR count). The first-order valence-corrected chi connectivity index (χ1v) is 8.15. The van der Waals surface area contributed by atoms with Crippen molar-refractivity contribution in [2.45, 2.75) is 20.0 Å². The van der Waals surface area contributed by atoms with Crippen LogP contribution in [0.15, 0.2) is 52.1 Å². The van der Waals surface area contributed by atoms with E-state index in [1.54, 1.807) is 13.4 Å². The molecule has 1 amide bonds.